The van der Waals surface area contributed by atoms with Crippen LogP contribution in [0.3, 0.4) is 0 Å². The number of hydrogen-bond donors (Lipinski definition) is 1. The molecule has 2 aromatic heterocycles. The zero-order chi connectivity index (χ0) is 14.4. The molecule has 0 aromatic carbocycles. The summed E-state index contributed by atoms with van der Waals surface area (Å²) in [5, 5.41) is 2.81. The van der Waals surface area contributed by atoms with Crippen LogP contribution < -0.4 is 10.1 Å². The molecule has 0 aliphatic rings. The van der Waals surface area contributed by atoms with E-state index in [2.05, 4.69) is 17.2 Å². The lowest BCUT2D eigenvalue weighted by Gasteiger charge is -2.04. The molecule has 2 aromatic rings. The third-order valence-electron chi connectivity index (χ3n) is 2.88. The second-order valence-corrected chi connectivity index (χ2v) is 4.33. The van der Waals surface area contributed by atoms with Crippen LogP contribution >= 0.6 is 0 Å². The van der Waals surface area contributed by atoms with Crippen molar-refractivity contribution in [3.05, 3.63) is 36.2 Å². The summed E-state index contributed by atoms with van der Waals surface area (Å²) in [6, 6.07) is 7.03. The first-order chi connectivity index (χ1) is 9.76. The van der Waals surface area contributed by atoms with Crippen molar-refractivity contribution in [2.45, 2.75) is 19.8 Å². The van der Waals surface area contributed by atoms with Crippen LogP contribution in [0, 0.1) is 0 Å². The monoisotopic (exact) mass is 274 g/mol. The Labute approximate surface area is 118 Å². The molecule has 0 fully saturated rings. The van der Waals surface area contributed by atoms with Crippen LogP contribution in [0.1, 0.15) is 30.3 Å². The lowest BCUT2D eigenvalue weighted by molar-refractivity contribution is 0.0926. The molecule has 106 valence electrons. The van der Waals surface area contributed by atoms with Gasteiger partial charge in [0.15, 0.2) is 5.76 Å². The van der Waals surface area contributed by atoms with E-state index in [4.69, 9.17) is 9.15 Å². The van der Waals surface area contributed by atoms with Crippen LogP contribution in [0.15, 0.2) is 34.9 Å². The van der Waals surface area contributed by atoms with Crippen LogP contribution in [0.4, 0.5) is 0 Å². The van der Waals surface area contributed by atoms with Gasteiger partial charge in [-0.05, 0) is 30.7 Å². The summed E-state index contributed by atoms with van der Waals surface area (Å²) in [5.74, 6) is 1.13. The van der Waals surface area contributed by atoms with Gasteiger partial charge in [0.2, 0.25) is 5.88 Å². The summed E-state index contributed by atoms with van der Waals surface area (Å²) in [5.41, 5.74) is 0.725. The van der Waals surface area contributed by atoms with Gasteiger partial charge in [0.25, 0.3) is 5.91 Å². The maximum absolute atomic E-state index is 11.9. The normalized spacial score (nSPS) is 10.3. The first-order valence-corrected chi connectivity index (χ1v) is 6.63. The quantitative estimate of drug-likeness (QED) is 0.823. The molecule has 2 heterocycles. The van der Waals surface area contributed by atoms with Crippen molar-refractivity contribution in [2.24, 2.45) is 0 Å². The highest BCUT2D eigenvalue weighted by Gasteiger charge is 2.14. The summed E-state index contributed by atoms with van der Waals surface area (Å²) < 4.78 is 10.7. The van der Waals surface area contributed by atoms with Crippen molar-refractivity contribution in [2.75, 3.05) is 13.7 Å². The molecule has 0 saturated carbocycles. The van der Waals surface area contributed by atoms with Gasteiger partial charge < -0.3 is 14.5 Å². The van der Waals surface area contributed by atoms with Crippen molar-refractivity contribution in [3.8, 4) is 17.2 Å². The number of pyridine rings is 1. The summed E-state index contributed by atoms with van der Waals surface area (Å²) in [7, 11) is 1.55. The van der Waals surface area contributed by atoms with E-state index in [1.54, 1.807) is 31.5 Å². The second kappa shape index (κ2) is 6.75. The Morgan fingerprint density at radius 3 is 3.00 bits per heavy atom. The molecule has 0 spiro atoms. The Morgan fingerprint density at radius 2 is 2.25 bits per heavy atom. The number of nitrogens with one attached hydrogen (secondary N) is 1. The number of methoxy groups -OCH3 is 1. The van der Waals surface area contributed by atoms with E-state index in [1.165, 1.54) is 0 Å². The fourth-order valence-electron chi connectivity index (χ4n) is 1.81. The third-order valence-corrected chi connectivity index (χ3v) is 2.88. The highest BCUT2D eigenvalue weighted by atomic mass is 16.5. The molecule has 5 nitrogen and oxygen atoms in total. The van der Waals surface area contributed by atoms with E-state index in [0.717, 1.165) is 18.4 Å². The van der Waals surface area contributed by atoms with E-state index in [-0.39, 0.29) is 5.91 Å². The van der Waals surface area contributed by atoms with Crippen LogP contribution in [-0.2, 0) is 0 Å². The fraction of sp³-hybridized carbons (Fsp3) is 0.333. The maximum atomic E-state index is 11.9. The van der Waals surface area contributed by atoms with E-state index < -0.39 is 0 Å². The molecule has 0 aliphatic carbocycles. The fourth-order valence-corrected chi connectivity index (χ4v) is 1.81. The number of amides is 1. The number of carbonyl (C=O) groups is 1. The molecule has 0 radical (unpaired) electrons. The second-order valence-electron chi connectivity index (χ2n) is 4.33. The molecule has 0 aliphatic heterocycles. The Hall–Kier alpha value is -2.30. The lowest BCUT2D eigenvalue weighted by atomic mass is 10.2. The van der Waals surface area contributed by atoms with Crippen molar-refractivity contribution >= 4 is 5.91 Å². The number of rotatable bonds is 6. The van der Waals surface area contributed by atoms with E-state index in [9.17, 15) is 4.79 Å². The number of carbonyl (C=O) groups excluding carboxylic acids is 1. The maximum Gasteiger partial charge on any atom is 0.287 e. The SMILES string of the molecule is CCCCNC(=O)c1ccc(-c2cccnc2OC)o1. The van der Waals surface area contributed by atoms with Gasteiger partial charge in [-0.25, -0.2) is 4.98 Å². The number of furan rings is 1. The number of hydrogen-bond acceptors (Lipinski definition) is 4. The summed E-state index contributed by atoms with van der Waals surface area (Å²) in [6.45, 7) is 2.73. The van der Waals surface area contributed by atoms with Crippen molar-refractivity contribution < 1.29 is 13.9 Å². The summed E-state index contributed by atoms with van der Waals surface area (Å²) in [4.78, 5) is 16.0. The molecule has 1 amide bonds. The molecule has 2 rings (SSSR count). The number of nitrogens with zero attached hydrogens (tertiary/aromatic N) is 1. The van der Waals surface area contributed by atoms with Crippen molar-refractivity contribution in [1.29, 1.82) is 0 Å². The Bertz CT molecular complexity index is 578. The molecule has 0 saturated heterocycles. The van der Waals surface area contributed by atoms with Gasteiger partial charge in [0.1, 0.15) is 5.76 Å². The minimum absolute atomic E-state index is 0.201. The number of unbranched alkanes of at least 4 members (excludes halogenated alkanes) is 1. The number of ether oxygens (including phenoxy) is 1. The largest absolute Gasteiger partial charge is 0.480 e. The Morgan fingerprint density at radius 1 is 1.40 bits per heavy atom. The van der Waals surface area contributed by atoms with Gasteiger partial charge in [-0.2, -0.15) is 0 Å². The van der Waals surface area contributed by atoms with Gasteiger partial charge >= 0.3 is 0 Å². The molecule has 5 heteroatoms. The topological polar surface area (TPSA) is 64.4 Å². The smallest absolute Gasteiger partial charge is 0.287 e. The molecule has 1 N–H and O–H groups in total. The van der Waals surface area contributed by atoms with E-state index in [1.807, 2.05) is 6.07 Å². The van der Waals surface area contributed by atoms with Gasteiger partial charge in [0.05, 0.1) is 12.7 Å². The van der Waals surface area contributed by atoms with Crippen molar-refractivity contribution in [3.63, 3.8) is 0 Å². The average molecular weight is 274 g/mol. The molecule has 0 atom stereocenters. The highest BCUT2D eigenvalue weighted by Crippen LogP contribution is 2.28. The third kappa shape index (κ3) is 3.17. The highest BCUT2D eigenvalue weighted by molar-refractivity contribution is 5.92. The van der Waals surface area contributed by atoms with Crippen LogP contribution in [-0.4, -0.2) is 24.5 Å². The van der Waals surface area contributed by atoms with Crippen LogP contribution in [0.2, 0.25) is 0 Å². The van der Waals surface area contributed by atoms with Crippen LogP contribution in [0.25, 0.3) is 11.3 Å². The minimum atomic E-state index is -0.201. The zero-order valence-corrected chi connectivity index (χ0v) is 11.7. The Kier molecular flexibility index (Phi) is 4.76. The average Bonchev–Trinajstić information content (AvgIpc) is 2.97. The molecule has 20 heavy (non-hydrogen) atoms. The predicted molar refractivity (Wildman–Crippen MR) is 75.7 cm³/mol. The Balaban J connectivity index is 2.14. The van der Waals surface area contributed by atoms with Crippen molar-refractivity contribution in [1.82, 2.24) is 10.3 Å². The van der Waals surface area contributed by atoms with Gasteiger partial charge in [-0.3, -0.25) is 4.79 Å². The standard InChI is InChI=1S/C15H18N2O3/c1-3-4-9-16-14(18)13-8-7-12(20-13)11-6-5-10-17-15(11)19-2/h5-8,10H,3-4,9H2,1-2H3,(H,16,18). The zero-order valence-electron chi connectivity index (χ0n) is 11.7. The first kappa shape index (κ1) is 14.1. The molecule has 0 unspecified atom stereocenters. The molecular formula is C15H18N2O3. The minimum Gasteiger partial charge on any atom is -0.480 e. The van der Waals surface area contributed by atoms with E-state index in [0.29, 0.717) is 23.9 Å². The van der Waals surface area contributed by atoms with Gasteiger partial charge in [-0.1, -0.05) is 13.3 Å². The summed E-state index contributed by atoms with van der Waals surface area (Å²) >= 11 is 0. The molecule has 0 bridgehead atoms. The number of aromatic nitrogens is 1. The van der Waals surface area contributed by atoms with E-state index >= 15 is 0 Å². The molecular weight excluding hydrogens is 256 g/mol. The summed E-state index contributed by atoms with van der Waals surface area (Å²) in [6.07, 6.45) is 3.63. The first-order valence-electron chi connectivity index (χ1n) is 6.63. The predicted octanol–water partition coefficient (Wildman–Crippen LogP) is 2.88. The van der Waals surface area contributed by atoms with Gasteiger partial charge in [0, 0.05) is 12.7 Å². The van der Waals surface area contributed by atoms with Crippen LogP contribution in [0.5, 0.6) is 5.88 Å². The lowest BCUT2D eigenvalue weighted by Crippen LogP contribution is -2.23. The van der Waals surface area contributed by atoms with Gasteiger partial charge in [-0.15, -0.1) is 0 Å².